The Kier molecular flexibility index (Phi) is 8.46. The van der Waals surface area contributed by atoms with Crippen LogP contribution in [0.3, 0.4) is 0 Å². The second-order valence-corrected chi connectivity index (χ2v) is 5.14. The van der Waals surface area contributed by atoms with Crippen LogP contribution in [0.15, 0.2) is 30.3 Å². The van der Waals surface area contributed by atoms with Crippen LogP contribution in [0.25, 0.3) is 0 Å². The minimum atomic E-state index is 0.0796. The van der Waals surface area contributed by atoms with Gasteiger partial charge in [0, 0.05) is 39.4 Å². The molecule has 0 aliphatic rings. The van der Waals surface area contributed by atoms with Crippen LogP contribution in [0.1, 0.15) is 24.9 Å². The quantitative estimate of drug-likeness (QED) is 0.712. The number of hydrogen-bond donors (Lipinski definition) is 1. The van der Waals surface area contributed by atoms with Crippen molar-refractivity contribution < 1.29 is 9.47 Å². The van der Waals surface area contributed by atoms with E-state index in [1.807, 2.05) is 18.2 Å². The van der Waals surface area contributed by atoms with Crippen LogP contribution in [0.2, 0.25) is 0 Å². The maximum absolute atomic E-state index is 6.26. The molecule has 0 fully saturated rings. The first-order valence-electron chi connectivity index (χ1n) is 7.21. The van der Waals surface area contributed by atoms with Gasteiger partial charge in [-0.1, -0.05) is 30.3 Å². The van der Waals surface area contributed by atoms with E-state index in [9.17, 15) is 0 Å². The molecule has 4 nitrogen and oxygen atoms in total. The average molecular weight is 280 g/mol. The van der Waals surface area contributed by atoms with Crippen molar-refractivity contribution >= 4 is 0 Å². The van der Waals surface area contributed by atoms with Crippen LogP contribution in [0.4, 0.5) is 0 Å². The number of ether oxygens (including phenoxy) is 2. The first kappa shape index (κ1) is 17.1. The van der Waals surface area contributed by atoms with Gasteiger partial charge in [0.15, 0.2) is 0 Å². The SMILES string of the molecule is COCCN(CCC(N)c1ccccc1)C(C)COC. The molecule has 0 bridgehead atoms. The predicted octanol–water partition coefficient (Wildman–Crippen LogP) is 2.06. The molecule has 0 aromatic heterocycles. The van der Waals surface area contributed by atoms with Gasteiger partial charge in [-0.2, -0.15) is 0 Å². The number of nitrogens with two attached hydrogens (primary N) is 1. The molecule has 1 aromatic rings. The van der Waals surface area contributed by atoms with Crippen molar-refractivity contribution in [2.45, 2.75) is 25.4 Å². The molecule has 0 aliphatic carbocycles. The molecule has 2 N–H and O–H groups in total. The first-order valence-corrected chi connectivity index (χ1v) is 7.21. The Morgan fingerprint density at radius 2 is 1.80 bits per heavy atom. The molecule has 20 heavy (non-hydrogen) atoms. The summed E-state index contributed by atoms with van der Waals surface area (Å²) < 4.78 is 10.4. The van der Waals surface area contributed by atoms with E-state index in [2.05, 4.69) is 24.0 Å². The van der Waals surface area contributed by atoms with E-state index in [4.69, 9.17) is 15.2 Å². The molecule has 0 aliphatic heterocycles. The van der Waals surface area contributed by atoms with E-state index < -0.39 is 0 Å². The van der Waals surface area contributed by atoms with Gasteiger partial charge in [0.05, 0.1) is 13.2 Å². The van der Waals surface area contributed by atoms with E-state index in [1.54, 1.807) is 14.2 Å². The molecule has 114 valence electrons. The van der Waals surface area contributed by atoms with E-state index in [1.165, 1.54) is 5.56 Å². The van der Waals surface area contributed by atoms with Crippen LogP contribution in [-0.4, -0.2) is 51.5 Å². The van der Waals surface area contributed by atoms with Crippen LogP contribution >= 0.6 is 0 Å². The smallest absolute Gasteiger partial charge is 0.0615 e. The van der Waals surface area contributed by atoms with Gasteiger partial charge < -0.3 is 15.2 Å². The average Bonchev–Trinajstić information content (AvgIpc) is 2.48. The number of nitrogens with zero attached hydrogens (tertiary/aromatic N) is 1. The van der Waals surface area contributed by atoms with Gasteiger partial charge in [0.25, 0.3) is 0 Å². The third-order valence-corrected chi connectivity index (χ3v) is 3.57. The van der Waals surface area contributed by atoms with Gasteiger partial charge in [0.1, 0.15) is 0 Å². The molecular weight excluding hydrogens is 252 g/mol. The predicted molar refractivity (Wildman–Crippen MR) is 82.8 cm³/mol. The van der Waals surface area contributed by atoms with Gasteiger partial charge in [-0.15, -0.1) is 0 Å². The molecule has 0 radical (unpaired) electrons. The highest BCUT2D eigenvalue weighted by Crippen LogP contribution is 2.14. The number of methoxy groups -OCH3 is 2. The van der Waals surface area contributed by atoms with Crippen molar-refractivity contribution in [1.29, 1.82) is 0 Å². The van der Waals surface area contributed by atoms with Crippen molar-refractivity contribution in [2.75, 3.05) is 40.5 Å². The summed E-state index contributed by atoms with van der Waals surface area (Å²) in [5, 5.41) is 0. The maximum Gasteiger partial charge on any atom is 0.0615 e. The summed E-state index contributed by atoms with van der Waals surface area (Å²) >= 11 is 0. The van der Waals surface area contributed by atoms with Gasteiger partial charge in [-0.25, -0.2) is 0 Å². The summed E-state index contributed by atoms with van der Waals surface area (Å²) in [6.45, 7) is 5.48. The molecule has 0 saturated heterocycles. The second kappa shape index (κ2) is 9.88. The molecular formula is C16H28N2O2. The Hall–Kier alpha value is -0.940. The number of hydrogen-bond acceptors (Lipinski definition) is 4. The Labute approximate surface area is 122 Å². The number of rotatable bonds is 10. The van der Waals surface area contributed by atoms with Crippen molar-refractivity contribution in [1.82, 2.24) is 4.90 Å². The second-order valence-electron chi connectivity index (χ2n) is 5.14. The highest BCUT2D eigenvalue weighted by molar-refractivity contribution is 5.18. The third kappa shape index (κ3) is 6.01. The molecule has 1 aromatic carbocycles. The third-order valence-electron chi connectivity index (χ3n) is 3.57. The fraction of sp³-hybridized carbons (Fsp3) is 0.625. The lowest BCUT2D eigenvalue weighted by Gasteiger charge is -2.29. The largest absolute Gasteiger partial charge is 0.383 e. The normalized spacial score (nSPS) is 14.4. The highest BCUT2D eigenvalue weighted by atomic mass is 16.5. The van der Waals surface area contributed by atoms with Crippen LogP contribution < -0.4 is 5.73 Å². The zero-order valence-corrected chi connectivity index (χ0v) is 12.9. The lowest BCUT2D eigenvalue weighted by atomic mass is 10.0. The lowest BCUT2D eigenvalue weighted by molar-refractivity contribution is 0.0732. The van der Waals surface area contributed by atoms with Crippen molar-refractivity contribution in [3.05, 3.63) is 35.9 Å². The van der Waals surface area contributed by atoms with E-state index >= 15 is 0 Å². The summed E-state index contributed by atoms with van der Waals surface area (Å²) in [6, 6.07) is 10.7. The van der Waals surface area contributed by atoms with Crippen molar-refractivity contribution in [2.24, 2.45) is 5.73 Å². The zero-order valence-electron chi connectivity index (χ0n) is 12.9. The highest BCUT2D eigenvalue weighted by Gasteiger charge is 2.15. The van der Waals surface area contributed by atoms with Crippen molar-refractivity contribution in [3.8, 4) is 0 Å². The summed E-state index contributed by atoms with van der Waals surface area (Å²) in [7, 11) is 3.47. The Balaban J connectivity index is 2.48. The van der Waals surface area contributed by atoms with Crippen LogP contribution in [0, 0.1) is 0 Å². The molecule has 0 heterocycles. The molecule has 4 heteroatoms. The van der Waals surface area contributed by atoms with Gasteiger partial charge in [0.2, 0.25) is 0 Å². The molecule has 2 atom stereocenters. The lowest BCUT2D eigenvalue weighted by Crippen LogP contribution is -2.40. The molecule has 0 amide bonds. The molecule has 0 spiro atoms. The Morgan fingerprint density at radius 1 is 1.10 bits per heavy atom. The van der Waals surface area contributed by atoms with Crippen LogP contribution in [-0.2, 0) is 9.47 Å². The first-order chi connectivity index (χ1) is 9.69. The summed E-state index contributed by atoms with van der Waals surface area (Å²) in [5.74, 6) is 0. The van der Waals surface area contributed by atoms with E-state index in [-0.39, 0.29) is 6.04 Å². The minimum Gasteiger partial charge on any atom is -0.383 e. The van der Waals surface area contributed by atoms with Gasteiger partial charge in [-0.3, -0.25) is 4.90 Å². The zero-order chi connectivity index (χ0) is 14.8. The monoisotopic (exact) mass is 280 g/mol. The summed E-state index contributed by atoms with van der Waals surface area (Å²) in [5.41, 5.74) is 7.45. The Bertz CT molecular complexity index is 346. The summed E-state index contributed by atoms with van der Waals surface area (Å²) in [6.07, 6.45) is 0.932. The van der Waals surface area contributed by atoms with E-state index in [0.717, 1.165) is 32.7 Å². The Morgan fingerprint density at radius 3 is 2.40 bits per heavy atom. The van der Waals surface area contributed by atoms with Gasteiger partial charge in [-0.05, 0) is 18.9 Å². The topological polar surface area (TPSA) is 47.7 Å². The fourth-order valence-electron chi connectivity index (χ4n) is 2.28. The van der Waals surface area contributed by atoms with E-state index in [0.29, 0.717) is 6.04 Å². The molecule has 0 saturated carbocycles. The fourth-order valence-corrected chi connectivity index (χ4v) is 2.28. The van der Waals surface area contributed by atoms with Crippen molar-refractivity contribution in [3.63, 3.8) is 0 Å². The van der Waals surface area contributed by atoms with Gasteiger partial charge >= 0.3 is 0 Å². The number of benzene rings is 1. The summed E-state index contributed by atoms with van der Waals surface area (Å²) in [4.78, 5) is 2.37. The van der Waals surface area contributed by atoms with Crippen LogP contribution in [0.5, 0.6) is 0 Å². The standard InChI is InChI=1S/C16H28N2O2/c1-14(13-20-3)18(11-12-19-2)10-9-16(17)15-7-5-4-6-8-15/h4-8,14,16H,9-13,17H2,1-3H3. The molecule has 1 rings (SSSR count). The minimum absolute atomic E-state index is 0.0796. The molecule has 2 unspecified atom stereocenters. The maximum atomic E-state index is 6.26.